The van der Waals surface area contributed by atoms with E-state index in [0.717, 1.165) is 11.4 Å². The predicted molar refractivity (Wildman–Crippen MR) is 66.3 cm³/mol. The Labute approximate surface area is 95.3 Å². The minimum atomic E-state index is 0.557. The number of aromatic nitrogens is 2. The fourth-order valence-electron chi connectivity index (χ4n) is 2.73. The maximum Gasteiger partial charge on any atom is 0.201 e. The summed E-state index contributed by atoms with van der Waals surface area (Å²) in [6.07, 6.45) is 2.45. The molecule has 1 aliphatic rings. The Morgan fingerprint density at radius 3 is 2.81 bits per heavy atom. The van der Waals surface area contributed by atoms with Crippen LogP contribution in [0.3, 0.4) is 0 Å². The number of hydrogen-bond donors (Lipinski definition) is 1. The van der Waals surface area contributed by atoms with Crippen LogP contribution in [0.2, 0.25) is 0 Å². The van der Waals surface area contributed by atoms with E-state index in [1.807, 2.05) is 0 Å². The molecule has 0 radical (unpaired) electrons. The molecule has 3 nitrogen and oxygen atoms in total. The van der Waals surface area contributed by atoms with Gasteiger partial charge in [0, 0.05) is 6.04 Å². The van der Waals surface area contributed by atoms with Crippen molar-refractivity contribution >= 4 is 17.0 Å². The number of nitrogen functional groups attached to an aromatic ring is 1. The third-order valence-electron chi connectivity index (χ3n) is 3.66. The van der Waals surface area contributed by atoms with E-state index in [9.17, 15) is 0 Å². The first-order valence-corrected chi connectivity index (χ1v) is 5.90. The summed E-state index contributed by atoms with van der Waals surface area (Å²) in [6, 6.07) is 6.84. The van der Waals surface area contributed by atoms with Gasteiger partial charge in [-0.3, -0.25) is 0 Å². The first-order chi connectivity index (χ1) is 7.66. The van der Waals surface area contributed by atoms with Gasteiger partial charge >= 0.3 is 0 Å². The number of aryl methyl sites for hydroxylation is 1. The van der Waals surface area contributed by atoms with Crippen molar-refractivity contribution in [2.24, 2.45) is 5.92 Å². The minimum Gasteiger partial charge on any atom is -0.369 e. The van der Waals surface area contributed by atoms with Gasteiger partial charge < -0.3 is 10.3 Å². The highest BCUT2D eigenvalue weighted by molar-refractivity contribution is 5.81. The van der Waals surface area contributed by atoms with Crippen LogP contribution in [-0.4, -0.2) is 9.55 Å². The van der Waals surface area contributed by atoms with Crippen LogP contribution in [0.4, 0.5) is 5.95 Å². The number of nitrogens with two attached hydrogens (primary N) is 1. The predicted octanol–water partition coefficient (Wildman–Crippen LogP) is 2.90. The highest BCUT2D eigenvalue weighted by Gasteiger charge is 2.29. The molecule has 0 unspecified atom stereocenters. The topological polar surface area (TPSA) is 43.8 Å². The molecular weight excluding hydrogens is 198 g/mol. The van der Waals surface area contributed by atoms with Crippen molar-refractivity contribution < 1.29 is 0 Å². The maximum atomic E-state index is 6.03. The van der Waals surface area contributed by atoms with Gasteiger partial charge in [0.25, 0.3) is 0 Å². The van der Waals surface area contributed by atoms with Gasteiger partial charge in [-0.05, 0) is 37.3 Å². The summed E-state index contributed by atoms with van der Waals surface area (Å²) in [7, 11) is 0. The Morgan fingerprint density at radius 2 is 2.12 bits per heavy atom. The molecule has 1 heterocycles. The molecule has 84 valence electrons. The number of para-hydroxylation sites is 1. The quantitative estimate of drug-likeness (QED) is 0.794. The summed E-state index contributed by atoms with van der Waals surface area (Å²) in [4.78, 5) is 4.48. The van der Waals surface area contributed by atoms with Crippen molar-refractivity contribution in [3.05, 3.63) is 23.8 Å². The Morgan fingerprint density at radius 1 is 1.38 bits per heavy atom. The zero-order valence-corrected chi connectivity index (χ0v) is 9.77. The second kappa shape index (κ2) is 3.24. The van der Waals surface area contributed by atoms with Gasteiger partial charge in [0.15, 0.2) is 0 Å². The number of hydrogen-bond acceptors (Lipinski definition) is 2. The third-order valence-corrected chi connectivity index (χ3v) is 3.66. The third kappa shape index (κ3) is 1.24. The molecule has 1 saturated carbocycles. The van der Waals surface area contributed by atoms with E-state index in [1.54, 1.807) is 0 Å². The summed E-state index contributed by atoms with van der Waals surface area (Å²) < 4.78 is 2.21. The van der Waals surface area contributed by atoms with Crippen LogP contribution in [0.1, 0.15) is 31.4 Å². The second-order valence-electron chi connectivity index (χ2n) is 5.01. The summed E-state index contributed by atoms with van der Waals surface area (Å²) in [6.45, 7) is 4.37. The molecule has 0 saturated heterocycles. The van der Waals surface area contributed by atoms with E-state index in [2.05, 4.69) is 41.6 Å². The van der Waals surface area contributed by atoms with E-state index in [1.165, 1.54) is 23.9 Å². The van der Waals surface area contributed by atoms with Crippen molar-refractivity contribution in [1.29, 1.82) is 0 Å². The van der Waals surface area contributed by atoms with E-state index in [4.69, 9.17) is 5.73 Å². The normalized spacial score (nSPS) is 24.6. The first kappa shape index (κ1) is 9.70. The molecule has 3 rings (SSSR count). The molecule has 0 amide bonds. The zero-order valence-electron chi connectivity index (χ0n) is 9.77. The Balaban J connectivity index is 2.16. The van der Waals surface area contributed by atoms with Crippen molar-refractivity contribution in [2.45, 2.75) is 32.7 Å². The first-order valence-electron chi connectivity index (χ1n) is 5.90. The summed E-state index contributed by atoms with van der Waals surface area (Å²) >= 11 is 0. The van der Waals surface area contributed by atoms with Crippen molar-refractivity contribution in [1.82, 2.24) is 9.55 Å². The van der Waals surface area contributed by atoms with Crippen molar-refractivity contribution in [3.63, 3.8) is 0 Å². The average molecular weight is 215 g/mol. The molecule has 1 aliphatic carbocycles. The van der Waals surface area contributed by atoms with Crippen LogP contribution in [0.25, 0.3) is 11.0 Å². The Kier molecular flexibility index (Phi) is 1.96. The number of benzene rings is 1. The molecule has 1 aromatic heterocycles. The number of fused-ring (bicyclic) bond motifs is 1. The summed E-state index contributed by atoms with van der Waals surface area (Å²) in [5, 5.41) is 0. The lowest BCUT2D eigenvalue weighted by molar-refractivity contribution is 0.223. The lowest BCUT2D eigenvalue weighted by atomic mass is 9.81. The summed E-state index contributed by atoms with van der Waals surface area (Å²) in [5.41, 5.74) is 9.48. The number of rotatable bonds is 1. The Bertz CT molecular complexity index is 535. The number of nitrogens with zero attached hydrogens (tertiary/aromatic N) is 2. The standard InChI is InChI=1S/C13H17N3/c1-8-6-10(7-8)16-11-5-3-4-9(2)12(11)15-13(16)14/h3-5,8,10H,6-7H2,1-2H3,(H2,14,15). The monoisotopic (exact) mass is 215 g/mol. The Hall–Kier alpha value is -1.51. The lowest BCUT2D eigenvalue weighted by Gasteiger charge is -2.34. The van der Waals surface area contributed by atoms with Crippen molar-refractivity contribution in [3.8, 4) is 0 Å². The van der Waals surface area contributed by atoms with Crippen LogP contribution in [0.5, 0.6) is 0 Å². The van der Waals surface area contributed by atoms with E-state index in [0.29, 0.717) is 12.0 Å². The molecule has 0 bridgehead atoms. The van der Waals surface area contributed by atoms with Crippen LogP contribution < -0.4 is 5.73 Å². The van der Waals surface area contributed by atoms with Gasteiger partial charge in [0.2, 0.25) is 5.95 Å². The smallest absolute Gasteiger partial charge is 0.201 e. The van der Waals surface area contributed by atoms with E-state index in [-0.39, 0.29) is 0 Å². The largest absolute Gasteiger partial charge is 0.369 e. The van der Waals surface area contributed by atoms with Gasteiger partial charge in [-0.25, -0.2) is 4.98 Å². The lowest BCUT2D eigenvalue weighted by Crippen LogP contribution is -2.25. The molecule has 3 heteroatoms. The van der Waals surface area contributed by atoms with Gasteiger partial charge in [-0.2, -0.15) is 0 Å². The fraction of sp³-hybridized carbons (Fsp3) is 0.462. The molecule has 16 heavy (non-hydrogen) atoms. The van der Waals surface area contributed by atoms with Gasteiger partial charge in [-0.1, -0.05) is 19.1 Å². The number of imidazole rings is 1. The zero-order chi connectivity index (χ0) is 11.3. The molecule has 1 aromatic carbocycles. The molecule has 0 spiro atoms. The highest BCUT2D eigenvalue weighted by atomic mass is 15.2. The number of anilines is 1. The highest BCUT2D eigenvalue weighted by Crippen LogP contribution is 2.40. The molecule has 0 aliphatic heterocycles. The summed E-state index contributed by atoms with van der Waals surface area (Å²) in [5.74, 6) is 1.49. The van der Waals surface area contributed by atoms with Gasteiger partial charge in [0.05, 0.1) is 11.0 Å². The molecule has 1 fully saturated rings. The maximum absolute atomic E-state index is 6.03. The molecule has 2 N–H and O–H groups in total. The minimum absolute atomic E-state index is 0.557. The molecule has 2 aromatic rings. The van der Waals surface area contributed by atoms with Crippen LogP contribution in [-0.2, 0) is 0 Å². The van der Waals surface area contributed by atoms with Gasteiger partial charge in [-0.15, -0.1) is 0 Å². The molecule has 0 atom stereocenters. The van der Waals surface area contributed by atoms with E-state index < -0.39 is 0 Å². The van der Waals surface area contributed by atoms with Crippen LogP contribution in [0, 0.1) is 12.8 Å². The van der Waals surface area contributed by atoms with Gasteiger partial charge in [0.1, 0.15) is 0 Å². The second-order valence-corrected chi connectivity index (χ2v) is 5.01. The molecular formula is C13H17N3. The van der Waals surface area contributed by atoms with E-state index >= 15 is 0 Å². The van der Waals surface area contributed by atoms with Crippen LogP contribution >= 0.6 is 0 Å². The van der Waals surface area contributed by atoms with Crippen LogP contribution in [0.15, 0.2) is 18.2 Å². The average Bonchev–Trinajstić information content (AvgIpc) is 2.52. The van der Waals surface area contributed by atoms with Crippen molar-refractivity contribution in [2.75, 3.05) is 5.73 Å². The SMILES string of the molecule is Cc1cccc2c1nc(N)n2C1CC(C)C1. The fourth-order valence-corrected chi connectivity index (χ4v) is 2.73.